The van der Waals surface area contributed by atoms with Gasteiger partial charge in [0.25, 0.3) is 0 Å². The van der Waals surface area contributed by atoms with Crippen LogP contribution in [-0.2, 0) is 16.1 Å². The standard InChI is InChI=1S/C18H28N2O2/c1-4-6-9-15(5-2)12-19-17(21)18(22)20-13-16-10-7-8-14(3)11-16/h7-8,10-11,15H,4-6,9,12-13H2,1-3H3,(H,19,21)(H,20,22)/t15-/m0/s1. The molecule has 0 aliphatic rings. The van der Waals surface area contributed by atoms with E-state index in [0.29, 0.717) is 19.0 Å². The molecular weight excluding hydrogens is 276 g/mol. The number of unbranched alkanes of at least 4 members (excludes halogenated alkanes) is 1. The van der Waals surface area contributed by atoms with Crippen LogP contribution in [0.15, 0.2) is 24.3 Å². The Kier molecular flexibility index (Phi) is 8.26. The van der Waals surface area contributed by atoms with Crippen LogP contribution in [0.1, 0.15) is 50.7 Å². The largest absolute Gasteiger partial charge is 0.348 e. The smallest absolute Gasteiger partial charge is 0.309 e. The van der Waals surface area contributed by atoms with Gasteiger partial charge >= 0.3 is 11.8 Å². The molecule has 122 valence electrons. The first-order valence-electron chi connectivity index (χ1n) is 8.18. The summed E-state index contributed by atoms with van der Waals surface area (Å²) < 4.78 is 0. The Balaban J connectivity index is 2.34. The molecule has 0 aliphatic carbocycles. The van der Waals surface area contributed by atoms with E-state index in [1.165, 1.54) is 0 Å². The van der Waals surface area contributed by atoms with E-state index in [1.807, 2.05) is 31.2 Å². The minimum Gasteiger partial charge on any atom is -0.348 e. The number of rotatable bonds is 8. The number of hydrogen-bond donors (Lipinski definition) is 2. The molecule has 0 aromatic heterocycles. The fraction of sp³-hybridized carbons (Fsp3) is 0.556. The molecule has 0 unspecified atom stereocenters. The minimum absolute atomic E-state index is 0.376. The fourth-order valence-corrected chi connectivity index (χ4v) is 2.35. The third-order valence-electron chi connectivity index (χ3n) is 3.84. The van der Waals surface area contributed by atoms with E-state index >= 15 is 0 Å². The molecule has 0 heterocycles. The number of carbonyl (C=O) groups excluding carboxylic acids is 2. The summed E-state index contributed by atoms with van der Waals surface area (Å²) >= 11 is 0. The van der Waals surface area contributed by atoms with E-state index < -0.39 is 11.8 Å². The topological polar surface area (TPSA) is 58.2 Å². The predicted molar refractivity (Wildman–Crippen MR) is 89.3 cm³/mol. The Morgan fingerprint density at radius 2 is 1.86 bits per heavy atom. The summed E-state index contributed by atoms with van der Waals surface area (Å²) in [7, 11) is 0. The highest BCUT2D eigenvalue weighted by Gasteiger charge is 2.14. The molecule has 0 aliphatic heterocycles. The lowest BCUT2D eigenvalue weighted by Crippen LogP contribution is -2.41. The predicted octanol–water partition coefficient (Wildman–Crippen LogP) is 2.94. The average Bonchev–Trinajstić information content (AvgIpc) is 2.52. The third kappa shape index (κ3) is 6.74. The van der Waals surface area contributed by atoms with E-state index in [-0.39, 0.29) is 0 Å². The SMILES string of the molecule is CCCC[C@H](CC)CNC(=O)C(=O)NCc1cccc(C)c1. The van der Waals surface area contributed by atoms with Crippen LogP contribution < -0.4 is 10.6 Å². The van der Waals surface area contributed by atoms with Crippen molar-refractivity contribution in [1.29, 1.82) is 0 Å². The quantitative estimate of drug-likeness (QED) is 0.725. The zero-order valence-corrected chi connectivity index (χ0v) is 13.9. The number of benzene rings is 1. The molecule has 4 nitrogen and oxygen atoms in total. The Bertz CT molecular complexity index is 486. The number of aryl methyl sites for hydroxylation is 1. The molecule has 0 saturated heterocycles. The van der Waals surface area contributed by atoms with Crippen molar-refractivity contribution in [3.8, 4) is 0 Å². The van der Waals surface area contributed by atoms with Crippen LogP contribution in [-0.4, -0.2) is 18.4 Å². The molecule has 1 rings (SSSR count). The highest BCUT2D eigenvalue weighted by molar-refractivity contribution is 6.35. The molecule has 22 heavy (non-hydrogen) atoms. The van der Waals surface area contributed by atoms with Crippen molar-refractivity contribution in [3.05, 3.63) is 35.4 Å². The second kappa shape index (κ2) is 9.98. The first kappa shape index (κ1) is 18.2. The Morgan fingerprint density at radius 3 is 2.50 bits per heavy atom. The molecule has 1 aromatic carbocycles. The van der Waals surface area contributed by atoms with Crippen molar-refractivity contribution in [2.24, 2.45) is 5.92 Å². The lowest BCUT2D eigenvalue weighted by Gasteiger charge is -2.15. The second-order valence-corrected chi connectivity index (χ2v) is 5.80. The van der Waals surface area contributed by atoms with Crippen LogP contribution in [0.4, 0.5) is 0 Å². The maximum atomic E-state index is 11.8. The van der Waals surface area contributed by atoms with Gasteiger partial charge in [-0.1, -0.05) is 62.9 Å². The van der Waals surface area contributed by atoms with Gasteiger partial charge in [0.2, 0.25) is 0 Å². The Labute approximate surface area is 133 Å². The summed E-state index contributed by atoms with van der Waals surface area (Å²) in [4.78, 5) is 23.6. The highest BCUT2D eigenvalue weighted by atomic mass is 16.2. The van der Waals surface area contributed by atoms with Crippen molar-refractivity contribution in [1.82, 2.24) is 10.6 Å². The molecule has 1 atom stereocenters. The Morgan fingerprint density at radius 1 is 1.14 bits per heavy atom. The van der Waals surface area contributed by atoms with Gasteiger partial charge in [-0.3, -0.25) is 9.59 Å². The van der Waals surface area contributed by atoms with Gasteiger partial charge in [-0.2, -0.15) is 0 Å². The van der Waals surface area contributed by atoms with Crippen LogP contribution >= 0.6 is 0 Å². The van der Waals surface area contributed by atoms with E-state index in [1.54, 1.807) is 0 Å². The maximum absolute atomic E-state index is 11.8. The summed E-state index contributed by atoms with van der Waals surface area (Å²) in [5, 5.41) is 5.40. The molecule has 0 fully saturated rings. The first-order valence-corrected chi connectivity index (χ1v) is 8.18. The molecule has 2 N–H and O–H groups in total. The monoisotopic (exact) mass is 304 g/mol. The molecule has 4 heteroatoms. The molecule has 0 radical (unpaired) electrons. The molecule has 1 aromatic rings. The van der Waals surface area contributed by atoms with Gasteiger partial charge in [-0.25, -0.2) is 0 Å². The lowest BCUT2D eigenvalue weighted by molar-refractivity contribution is -0.139. The van der Waals surface area contributed by atoms with Crippen molar-refractivity contribution >= 4 is 11.8 Å². The number of carbonyl (C=O) groups is 2. The van der Waals surface area contributed by atoms with Crippen LogP contribution in [0, 0.1) is 12.8 Å². The highest BCUT2D eigenvalue weighted by Crippen LogP contribution is 2.11. The van der Waals surface area contributed by atoms with Gasteiger partial charge in [-0.05, 0) is 24.8 Å². The number of amides is 2. The Hall–Kier alpha value is -1.84. The summed E-state index contributed by atoms with van der Waals surface area (Å²) in [5.41, 5.74) is 2.13. The number of hydrogen-bond acceptors (Lipinski definition) is 2. The van der Waals surface area contributed by atoms with Gasteiger partial charge in [0.15, 0.2) is 0 Å². The van der Waals surface area contributed by atoms with Crippen LogP contribution in [0.5, 0.6) is 0 Å². The van der Waals surface area contributed by atoms with E-state index in [9.17, 15) is 9.59 Å². The lowest BCUT2D eigenvalue weighted by atomic mass is 9.99. The van der Waals surface area contributed by atoms with Gasteiger partial charge in [-0.15, -0.1) is 0 Å². The number of nitrogens with one attached hydrogen (secondary N) is 2. The minimum atomic E-state index is -0.563. The van der Waals surface area contributed by atoms with Gasteiger partial charge in [0.1, 0.15) is 0 Å². The first-order chi connectivity index (χ1) is 10.6. The summed E-state index contributed by atoms with van der Waals surface area (Å²) in [6.45, 7) is 7.22. The van der Waals surface area contributed by atoms with Gasteiger partial charge in [0, 0.05) is 13.1 Å². The van der Waals surface area contributed by atoms with Crippen molar-refractivity contribution in [3.63, 3.8) is 0 Å². The molecule has 0 spiro atoms. The van der Waals surface area contributed by atoms with Crippen molar-refractivity contribution < 1.29 is 9.59 Å². The van der Waals surface area contributed by atoms with Gasteiger partial charge < -0.3 is 10.6 Å². The third-order valence-corrected chi connectivity index (χ3v) is 3.84. The molecular formula is C18H28N2O2. The fourth-order valence-electron chi connectivity index (χ4n) is 2.35. The van der Waals surface area contributed by atoms with Gasteiger partial charge in [0.05, 0.1) is 0 Å². The van der Waals surface area contributed by atoms with E-state index in [0.717, 1.165) is 36.8 Å². The van der Waals surface area contributed by atoms with Crippen molar-refractivity contribution in [2.75, 3.05) is 6.54 Å². The summed E-state index contributed by atoms with van der Waals surface area (Å²) in [5.74, 6) is -0.650. The zero-order chi connectivity index (χ0) is 16.4. The van der Waals surface area contributed by atoms with E-state index in [4.69, 9.17) is 0 Å². The molecule has 0 bridgehead atoms. The zero-order valence-electron chi connectivity index (χ0n) is 13.9. The summed E-state index contributed by atoms with van der Waals surface area (Å²) in [6.07, 6.45) is 4.43. The maximum Gasteiger partial charge on any atom is 0.309 e. The summed E-state index contributed by atoms with van der Waals surface area (Å²) in [6, 6.07) is 7.87. The van der Waals surface area contributed by atoms with Crippen LogP contribution in [0.25, 0.3) is 0 Å². The van der Waals surface area contributed by atoms with Crippen LogP contribution in [0.2, 0.25) is 0 Å². The normalized spacial score (nSPS) is 11.8. The average molecular weight is 304 g/mol. The molecule has 2 amide bonds. The molecule has 0 saturated carbocycles. The van der Waals surface area contributed by atoms with Crippen molar-refractivity contribution in [2.45, 2.75) is 53.0 Å². The van der Waals surface area contributed by atoms with E-state index in [2.05, 4.69) is 24.5 Å². The second-order valence-electron chi connectivity index (χ2n) is 5.80. The van der Waals surface area contributed by atoms with Crippen LogP contribution in [0.3, 0.4) is 0 Å².